The molecule has 0 unspecified atom stereocenters. The van der Waals surface area contributed by atoms with Gasteiger partial charge in [-0.3, -0.25) is 4.57 Å². The number of nitrogen functional groups attached to an aromatic ring is 1. The molecule has 20 heavy (non-hydrogen) atoms. The molecule has 0 aliphatic heterocycles. The van der Waals surface area contributed by atoms with Gasteiger partial charge in [-0.15, -0.1) is 0 Å². The van der Waals surface area contributed by atoms with E-state index in [2.05, 4.69) is 21.9 Å². The molecular formula is C12H20N6O2. The first-order chi connectivity index (χ1) is 9.67. The molecule has 0 saturated heterocycles. The van der Waals surface area contributed by atoms with E-state index < -0.39 is 0 Å². The minimum absolute atomic E-state index is 0.198. The molecule has 5 N–H and O–H groups in total. The van der Waals surface area contributed by atoms with Gasteiger partial charge in [-0.2, -0.15) is 9.97 Å². The number of nitrogens with one attached hydrogen (secondary N) is 1. The maximum atomic E-state index is 11.9. The van der Waals surface area contributed by atoms with Crippen molar-refractivity contribution in [1.82, 2.24) is 19.5 Å². The number of fused-ring (bicyclic) bond motifs is 1. The van der Waals surface area contributed by atoms with Gasteiger partial charge in [-0.1, -0.05) is 13.3 Å². The highest BCUT2D eigenvalue weighted by Crippen LogP contribution is 2.17. The summed E-state index contributed by atoms with van der Waals surface area (Å²) in [5.41, 5.74) is 11.9. The number of aromatic amines is 1. The van der Waals surface area contributed by atoms with Gasteiger partial charge < -0.3 is 21.2 Å². The van der Waals surface area contributed by atoms with Crippen molar-refractivity contribution < 1.29 is 4.74 Å². The van der Waals surface area contributed by atoms with Crippen LogP contribution in [0.3, 0.4) is 0 Å². The van der Waals surface area contributed by atoms with Gasteiger partial charge in [0.1, 0.15) is 5.52 Å². The third-order valence-electron chi connectivity index (χ3n) is 2.95. The van der Waals surface area contributed by atoms with Crippen LogP contribution in [0.1, 0.15) is 26.2 Å². The van der Waals surface area contributed by atoms with Crippen molar-refractivity contribution >= 4 is 17.0 Å². The van der Waals surface area contributed by atoms with Crippen LogP contribution in [0, 0.1) is 0 Å². The Bertz CT molecular complexity index is 633. The molecule has 8 heteroatoms. The van der Waals surface area contributed by atoms with E-state index in [0.717, 1.165) is 12.8 Å². The van der Waals surface area contributed by atoms with E-state index in [1.54, 1.807) is 0 Å². The molecule has 2 aromatic heterocycles. The molecule has 0 aromatic carbocycles. The van der Waals surface area contributed by atoms with Crippen LogP contribution in [-0.4, -0.2) is 32.7 Å². The monoisotopic (exact) mass is 280 g/mol. The molecule has 0 bridgehead atoms. The maximum absolute atomic E-state index is 11.9. The molecule has 8 nitrogen and oxygen atoms in total. The van der Waals surface area contributed by atoms with E-state index in [0.29, 0.717) is 37.3 Å². The number of nitrogens with two attached hydrogens (primary N) is 2. The van der Waals surface area contributed by atoms with Crippen LogP contribution in [0.25, 0.3) is 11.2 Å². The molecule has 0 radical (unpaired) electrons. The Morgan fingerprint density at radius 1 is 1.35 bits per heavy atom. The summed E-state index contributed by atoms with van der Waals surface area (Å²) in [7, 11) is 0. The largest absolute Gasteiger partial charge is 0.463 e. The number of ether oxygens (including phenoxy) is 1. The normalized spacial score (nSPS) is 11.1. The first kappa shape index (κ1) is 14.3. The van der Waals surface area contributed by atoms with Gasteiger partial charge in [0.15, 0.2) is 11.5 Å². The summed E-state index contributed by atoms with van der Waals surface area (Å²) in [6.45, 7) is 3.58. The van der Waals surface area contributed by atoms with Gasteiger partial charge in [-0.05, 0) is 19.4 Å². The number of hydrogen-bond donors (Lipinski definition) is 3. The summed E-state index contributed by atoms with van der Waals surface area (Å²) in [5, 5.41) is 0. The standard InChI is InChI=1S/C12H20N6O2/c1-2-3-7-20-11-16-9(14)8-10(17-11)18(6-4-5-13)12(19)15-8/h2-7,13H2,1H3,(H,15,19)(H2,14,16,17). The molecule has 2 rings (SSSR count). The molecular weight excluding hydrogens is 260 g/mol. The number of nitrogens with zero attached hydrogens (tertiary/aromatic N) is 3. The zero-order valence-electron chi connectivity index (χ0n) is 11.6. The number of aryl methyl sites for hydroxylation is 1. The lowest BCUT2D eigenvalue weighted by atomic mass is 10.4. The van der Waals surface area contributed by atoms with Crippen molar-refractivity contribution in [1.29, 1.82) is 0 Å². The van der Waals surface area contributed by atoms with Crippen molar-refractivity contribution in [2.75, 3.05) is 18.9 Å². The summed E-state index contributed by atoms with van der Waals surface area (Å²) in [5.74, 6) is 0.213. The van der Waals surface area contributed by atoms with Gasteiger partial charge in [0.2, 0.25) is 0 Å². The summed E-state index contributed by atoms with van der Waals surface area (Å²) in [6.07, 6.45) is 2.61. The van der Waals surface area contributed by atoms with Crippen LogP contribution in [0.5, 0.6) is 6.01 Å². The second kappa shape index (κ2) is 6.38. The van der Waals surface area contributed by atoms with Crippen molar-refractivity contribution in [3.63, 3.8) is 0 Å². The van der Waals surface area contributed by atoms with Gasteiger partial charge in [0, 0.05) is 6.54 Å². The molecule has 0 aliphatic carbocycles. The highest BCUT2D eigenvalue weighted by atomic mass is 16.5. The maximum Gasteiger partial charge on any atom is 0.327 e. The Morgan fingerprint density at radius 3 is 2.85 bits per heavy atom. The third-order valence-corrected chi connectivity index (χ3v) is 2.95. The van der Waals surface area contributed by atoms with E-state index in [1.807, 2.05) is 0 Å². The van der Waals surface area contributed by atoms with E-state index in [4.69, 9.17) is 16.2 Å². The number of H-pyrrole nitrogens is 1. The number of imidazole rings is 1. The highest BCUT2D eigenvalue weighted by Gasteiger charge is 2.14. The Labute approximate surface area is 116 Å². The SMILES string of the molecule is CCCCOc1nc(N)c2[nH]c(=O)n(CCCN)c2n1. The number of unbranched alkanes of at least 4 members (excludes halogenated alkanes) is 1. The van der Waals surface area contributed by atoms with Crippen molar-refractivity contribution in [2.45, 2.75) is 32.7 Å². The second-order valence-electron chi connectivity index (χ2n) is 4.52. The topological polar surface area (TPSA) is 125 Å². The minimum Gasteiger partial charge on any atom is -0.463 e. The summed E-state index contributed by atoms with van der Waals surface area (Å²) in [4.78, 5) is 22.8. The number of rotatable bonds is 7. The van der Waals surface area contributed by atoms with E-state index >= 15 is 0 Å². The van der Waals surface area contributed by atoms with Crippen molar-refractivity contribution in [3.8, 4) is 6.01 Å². The average Bonchev–Trinajstić information content (AvgIpc) is 2.74. The quantitative estimate of drug-likeness (QED) is 0.623. The van der Waals surface area contributed by atoms with E-state index in [-0.39, 0.29) is 17.5 Å². The molecule has 0 amide bonds. The first-order valence-corrected chi connectivity index (χ1v) is 6.76. The number of aromatic nitrogens is 4. The van der Waals surface area contributed by atoms with Gasteiger partial charge in [-0.25, -0.2) is 4.79 Å². The van der Waals surface area contributed by atoms with Crippen LogP contribution in [0.15, 0.2) is 4.79 Å². The van der Waals surface area contributed by atoms with E-state index in [1.165, 1.54) is 4.57 Å². The molecule has 0 atom stereocenters. The fourth-order valence-corrected chi connectivity index (χ4v) is 1.86. The molecule has 0 spiro atoms. The molecule has 2 heterocycles. The van der Waals surface area contributed by atoms with Crippen LogP contribution in [0.2, 0.25) is 0 Å². The van der Waals surface area contributed by atoms with Crippen LogP contribution in [0.4, 0.5) is 5.82 Å². The lowest BCUT2D eigenvalue weighted by Gasteiger charge is -2.06. The third kappa shape index (κ3) is 2.90. The van der Waals surface area contributed by atoms with Gasteiger partial charge in [0.25, 0.3) is 0 Å². The predicted molar refractivity (Wildman–Crippen MR) is 76.6 cm³/mol. The van der Waals surface area contributed by atoms with Crippen LogP contribution < -0.4 is 21.9 Å². The smallest absolute Gasteiger partial charge is 0.327 e. The molecule has 2 aromatic rings. The predicted octanol–water partition coefficient (Wildman–Crippen LogP) is 0.230. The van der Waals surface area contributed by atoms with E-state index in [9.17, 15) is 4.79 Å². The Hall–Kier alpha value is -2.09. The molecule has 0 fully saturated rings. The number of hydrogen-bond acceptors (Lipinski definition) is 6. The second-order valence-corrected chi connectivity index (χ2v) is 4.52. The average molecular weight is 280 g/mol. The molecule has 0 saturated carbocycles. The summed E-state index contributed by atoms with van der Waals surface area (Å²) >= 11 is 0. The van der Waals surface area contributed by atoms with Gasteiger partial charge >= 0.3 is 11.7 Å². The fourth-order valence-electron chi connectivity index (χ4n) is 1.86. The van der Waals surface area contributed by atoms with Crippen molar-refractivity contribution in [2.24, 2.45) is 5.73 Å². The lowest BCUT2D eigenvalue weighted by Crippen LogP contribution is -2.19. The lowest BCUT2D eigenvalue weighted by molar-refractivity contribution is 0.286. The highest BCUT2D eigenvalue weighted by molar-refractivity contribution is 5.81. The zero-order chi connectivity index (χ0) is 14.5. The van der Waals surface area contributed by atoms with Crippen molar-refractivity contribution in [3.05, 3.63) is 10.5 Å². The first-order valence-electron chi connectivity index (χ1n) is 6.76. The Kier molecular flexibility index (Phi) is 4.57. The summed E-state index contributed by atoms with van der Waals surface area (Å²) in [6, 6.07) is 0.198. The van der Waals surface area contributed by atoms with Gasteiger partial charge in [0.05, 0.1) is 6.61 Å². The molecule has 110 valence electrons. The minimum atomic E-state index is -0.264. The number of anilines is 1. The fraction of sp³-hybridized carbons (Fsp3) is 0.583. The van der Waals surface area contributed by atoms with Crippen LogP contribution >= 0.6 is 0 Å². The Balaban J connectivity index is 2.37. The molecule has 0 aliphatic rings. The zero-order valence-corrected chi connectivity index (χ0v) is 11.6. The van der Waals surface area contributed by atoms with Crippen LogP contribution in [-0.2, 0) is 6.54 Å². The Morgan fingerprint density at radius 2 is 2.15 bits per heavy atom. The summed E-state index contributed by atoms with van der Waals surface area (Å²) < 4.78 is 6.95.